The number of nitrogens with one attached hydrogen (secondary N) is 1. The molecule has 0 spiro atoms. The quantitative estimate of drug-likeness (QED) is 0.564. The molecular weight excluding hydrogens is 260 g/mol. The van der Waals surface area contributed by atoms with Gasteiger partial charge in [-0.05, 0) is 55.5 Å². The van der Waals surface area contributed by atoms with Gasteiger partial charge in [0, 0.05) is 17.8 Å². The molecule has 4 heteroatoms. The van der Waals surface area contributed by atoms with Crippen molar-refractivity contribution in [2.75, 3.05) is 23.9 Å². The van der Waals surface area contributed by atoms with Crippen molar-refractivity contribution in [3.05, 3.63) is 29.3 Å². The highest BCUT2D eigenvalue weighted by atomic mass is 32.2. The van der Waals surface area contributed by atoms with Crippen molar-refractivity contribution in [2.24, 2.45) is 5.73 Å². The normalized spacial score (nSPS) is 10.3. The maximum absolute atomic E-state index is 5.64. The maximum Gasteiger partial charge on any atom is 0.104 e. The van der Waals surface area contributed by atoms with E-state index in [1.807, 2.05) is 30.8 Å². The molecule has 100 valence electrons. The Kier molecular flexibility index (Phi) is 7.13. The molecule has 1 rings (SSSR count). The van der Waals surface area contributed by atoms with E-state index in [9.17, 15) is 0 Å². The molecule has 1 aromatic rings. The summed E-state index contributed by atoms with van der Waals surface area (Å²) >= 11 is 6.91. The summed E-state index contributed by atoms with van der Waals surface area (Å²) in [7, 11) is 0. The van der Waals surface area contributed by atoms with Crippen LogP contribution in [0.4, 0.5) is 5.69 Å². The Labute approximate surface area is 120 Å². The van der Waals surface area contributed by atoms with E-state index in [0.29, 0.717) is 4.99 Å². The average Bonchev–Trinajstić information content (AvgIpc) is 2.33. The molecule has 0 unspecified atom stereocenters. The van der Waals surface area contributed by atoms with Gasteiger partial charge in [-0.15, -0.1) is 0 Å². The van der Waals surface area contributed by atoms with Crippen LogP contribution < -0.4 is 11.1 Å². The number of aryl methyl sites for hydroxylation is 1. The second-order valence-corrected chi connectivity index (χ2v) is 5.80. The van der Waals surface area contributed by atoms with Gasteiger partial charge in [-0.1, -0.05) is 18.6 Å². The molecular formula is C14H22N2S2. The Balaban J connectivity index is 2.35. The van der Waals surface area contributed by atoms with E-state index in [1.165, 1.54) is 25.0 Å². The van der Waals surface area contributed by atoms with Gasteiger partial charge in [0.2, 0.25) is 0 Å². The molecule has 18 heavy (non-hydrogen) atoms. The zero-order valence-corrected chi connectivity index (χ0v) is 12.8. The molecule has 0 saturated carbocycles. The van der Waals surface area contributed by atoms with Gasteiger partial charge in [-0.3, -0.25) is 0 Å². The third-order valence-corrected chi connectivity index (χ3v) is 3.76. The Hall–Kier alpha value is -0.740. The summed E-state index contributed by atoms with van der Waals surface area (Å²) in [5.41, 5.74) is 8.89. The number of hydrogen-bond acceptors (Lipinski definition) is 3. The highest BCUT2D eigenvalue weighted by molar-refractivity contribution is 7.98. The molecule has 0 heterocycles. The third kappa shape index (κ3) is 5.27. The summed E-state index contributed by atoms with van der Waals surface area (Å²) in [6.45, 7) is 3.07. The fraction of sp³-hybridized carbons (Fsp3) is 0.500. The van der Waals surface area contributed by atoms with Crippen LogP contribution in [0.1, 0.15) is 30.4 Å². The van der Waals surface area contributed by atoms with Crippen LogP contribution in [0, 0.1) is 6.92 Å². The number of thiocarbonyl (C=S) groups is 1. The van der Waals surface area contributed by atoms with Crippen molar-refractivity contribution in [2.45, 2.75) is 26.2 Å². The molecule has 2 nitrogen and oxygen atoms in total. The molecule has 0 atom stereocenters. The fourth-order valence-corrected chi connectivity index (χ4v) is 2.55. The number of hydrogen-bond donors (Lipinski definition) is 2. The second-order valence-electron chi connectivity index (χ2n) is 4.37. The molecule has 1 aromatic carbocycles. The minimum Gasteiger partial charge on any atom is -0.389 e. The summed E-state index contributed by atoms with van der Waals surface area (Å²) in [4.78, 5) is 0.469. The number of thioether (sulfide) groups is 1. The Morgan fingerprint density at radius 3 is 2.72 bits per heavy atom. The second kappa shape index (κ2) is 8.38. The van der Waals surface area contributed by atoms with E-state index in [-0.39, 0.29) is 0 Å². The van der Waals surface area contributed by atoms with E-state index < -0.39 is 0 Å². The Bertz CT molecular complexity index is 391. The first-order valence-electron chi connectivity index (χ1n) is 6.28. The van der Waals surface area contributed by atoms with E-state index >= 15 is 0 Å². The molecule has 0 bridgehead atoms. The van der Waals surface area contributed by atoms with Gasteiger partial charge in [-0.2, -0.15) is 11.8 Å². The Morgan fingerprint density at radius 2 is 2.11 bits per heavy atom. The maximum atomic E-state index is 5.64. The molecule has 0 aliphatic carbocycles. The largest absolute Gasteiger partial charge is 0.389 e. The van der Waals surface area contributed by atoms with Gasteiger partial charge in [0.1, 0.15) is 4.99 Å². The lowest BCUT2D eigenvalue weighted by Crippen LogP contribution is -2.11. The van der Waals surface area contributed by atoms with Crippen LogP contribution in [0.3, 0.4) is 0 Å². The summed E-state index contributed by atoms with van der Waals surface area (Å²) in [5, 5.41) is 3.44. The SMILES string of the molecule is CSCCCCCNc1ccc(C(N)=S)c(C)c1. The zero-order chi connectivity index (χ0) is 13.4. The van der Waals surface area contributed by atoms with Gasteiger partial charge in [0.25, 0.3) is 0 Å². The van der Waals surface area contributed by atoms with Crippen LogP contribution in [0.15, 0.2) is 18.2 Å². The Morgan fingerprint density at radius 1 is 1.33 bits per heavy atom. The van der Waals surface area contributed by atoms with Crippen molar-refractivity contribution in [3.63, 3.8) is 0 Å². The third-order valence-electron chi connectivity index (χ3n) is 2.85. The van der Waals surface area contributed by atoms with Crippen molar-refractivity contribution in [3.8, 4) is 0 Å². The molecule has 0 aliphatic rings. The van der Waals surface area contributed by atoms with E-state index in [2.05, 4.69) is 17.6 Å². The average molecular weight is 282 g/mol. The van der Waals surface area contributed by atoms with E-state index in [4.69, 9.17) is 18.0 Å². The standard InChI is InChI=1S/C14H22N2S2/c1-11-10-12(6-7-13(11)14(15)17)16-8-4-3-5-9-18-2/h6-7,10,16H,3-5,8-9H2,1-2H3,(H2,15,17). The number of anilines is 1. The molecule has 0 aromatic heterocycles. The first kappa shape index (κ1) is 15.3. The van der Waals surface area contributed by atoms with Crippen molar-refractivity contribution < 1.29 is 0 Å². The minimum atomic E-state index is 0.469. The first-order chi connectivity index (χ1) is 8.65. The van der Waals surface area contributed by atoms with Gasteiger partial charge >= 0.3 is 0 Å². The molecule has 0 fully saturated rings. The van der Waals surface area contributed by atoms with E-state index in [0.717, 1.165) is 23.4 Å². The fourth-order valence-electron chi connectivity index (χ4n) is 1.83. The molecule has 0 aliphatic heterocycles. The number of nitrogens with two attached hydrogens (primary N) is 1. The zero-order valence-electron chi connectivity index (χ0n) is 11.2. The molecule has 0 radical (unpaired) electrons. The van der Waals surface area contributed by atoms with Gasteiger partial charge < -0.3 is 11.1 Å². The lowest BCUT2D eigenvalue weighted by Gasteiger charge is -2.09. The highest BCUT2D eigenvalue weighted by Gasteiger charge is 2.02. The summed E-state index contributed by atoms with van der Waals surface area (Å²) in [6, 6.07) is 6.15. The minimum absolute atomic E-state index is 0.469. The molecule has 3 N–H and O–H groups in total. The van der Waals surface area contributed by atoms with Crippen molar-refractivity contribution in [1.29, 1.82) is 0 Å². The number of unbranched alkanes of at least 4 members (excludes halogenated alkanes) is 2. The lowest BCUT2D eigenvalue weighted by atomic mass is 10.1. The van der Waals surface area contributed by atoms with Crippen LogP contribution in [-0.2, 0) is 0 Å². The van der Waals surface area contributed by atoms with Crippen LogP contribution in [0.5, 0.6) is 0 Å². The first-order valence-corrected chi connectivity index (χ1v) is 8.08. The van der Waals surface area contributed by atoms with Crippen LogP contribution >= 0.6 is 24.0 Å². The van der Waals surface area contributed by atoms with Gasteiger partial charge in [0.15, 0.2) is 0 Å². The summed E-state index contributed by atoms with van der Waals surface area (Å²) < 4.78 is 0. The number of benzene rings is 1. The van der Waals surface area contributed by atoms with E-state index in [1.54, 1.807) is 0 Å². The predicted octanol–water partition coefficient (Wildman–Crippen LogP) is 3.57. The van der Waals surface area contributed by atoms with Gasteiger partial charge in [0.05, 0.1) is 0 Å². The summed E-state index contributed by atoms with van der Waals surface area (Å²) in [5.74, 6) is 1.27. The molecule has 0 saturated heterocycles. The molecule has 0 amide bonds. The highest BCUT2D eigenvalue weighted by Crippen LogP contribution is 2.15. The smallest absolute Gasteiger partial charge is 0.104 e. The lowest BCUT2D eigenvalue weighted by molar-refractivity contribution is 0.750. The van der Waals surface area contributed by atoms with Crippen LogP contribution in [0.25, 0.3) is 0 Å². The predicted molar refractivity (Wildman–Crippen MR) is 87.8 cm³/mol. The van der Waals surface area contributed by atoms with Crippen LogP contribution in [-0.4, -0.2) is 23.5 Å². The monoisotopic (exact) mass is 282 g/mol. The topological polar surface area (TPSA) is 38.0 Å². The number of rotatable bonds is 8. The van der Waals surface area contributed by atoms with Crippen molar-refractivity contribution >= 4 is 34.7 Å². The van der Waals surface area contributed by atoms with Gasteiger partial charge in [-0.25, -0.2) is 0 Å². The van der Waals surface area contributed by atoms with Crippen LogP contribution in [0.2, 0.25) is 0 Å². The summed E-state index contributed by atoms with van der Waals surface area (Å²) in [6.07, 6.45) is 5.97. The van der Waals surface area contributed by atoms with Crippen molar-refractivity contribution in [1.82, 2.24) is 0 Å².